The van der Waals surface area contributed by atoms with Gasteiger partial charge in [0.2, 0.25) is 5.91 Å². The Labute approximate surface area is 215 Å². The molecule has 1 aliphatic heterocycles. The Morgan fingerprint density at radius 2 is 1.64 bits per heavy atom. The van der Waals surface area contributed by atoms with E-state index < -0.39 is 0 Å². The first-order valence-electron chi connectivity index (χ1n) is 12.0. The number of benzene rings is 3. The van der Waals surface area contributed by atoms with Gasteiger partial charge in [-0.3, -0.25) is 9.36 Å². The Morgan fingerprint density at radius 3 is 2.36 bits per heavy atom. The van der Waals surface area contributed by atoms with Crippen LogP contribution < -0.4 is 4.90 Å². The molecule has 1 aromatic heterocycles. The molecule has 184 valence electrons. The van der Waals surface area contributed by atoms with Crippen LogP contribution in [0.4, 0.5) is 5.69 Å². The van der Waals surface area contributed by atoms with Gasteiger partial charge >= 0.3 is 0 Å². The Morgan fingerprint density at radius 1 is 0.917 bits per heavy atom. The van der Waals surface area contributed by atoms with Gasteiger partial charge in [-0.2, -0.15) is 0 Å². The van der Waals surface area contributed by atoms with E-state index >= 15 is 0 Å². The zero-order valence-electron chi connectivity index (χ0n) is 20.5. The average molecular weight is 500 g/mol. The van der Waals surface area contributed by atoms with Crippen molar-refractivity contribution in [3.63, 3.8) is 0 Å². The van der Waals surface area contributed by atoms with Crippen LogP contribution in [0.1, 0.15) is 11.1 Å². The van der Waals surface area contributed by atoms with E-state index in [0.717, 1.165) is 29.9 Å². The first-order chi connectivity index (χ1) is 17.5. The van der Waals surface area contributed by atoms with Crippen molar-refractivity contribution >= 4 is 23.4 Å². The van der Waals surface area contributed by atoms with Gasteiger partial charge in [-0.25, -0.2) is 0 Å². The number of carbonyl (C=O) groups excluding carboxylic acids is 1. The zero-order valence-corrected chi connectivity index (χ0v) is 21.3. The third-order valence-electron chi connectivity index (χ3n) is 6.45. The topological polar surface area (TPSA) is 74.5 Å². The fraction of sp³-hybridized carbons (Fsp3) is 0.250. The summed E-state index contributed by atoms with van der Waals surface area (Å²) in [6.07, 6.45) is 0. The highest BCUT2D eigenvalue weighted by Crippen LogP contribution is 2.34. The molecule has 1 fully saturated rings. The van der Waals surface area contributed by atoms with Gasteiger partial charge in [-0.1, -0.05) is 59.8 Å². The number of para-hydroxylation sites is 2. The lowest BCUT2D eigenvalue weighted by Crippen LogP contribution is -2.49. The number of carbonyl (C=O) groups is 1. The largest absolute Gasteiger partial charge is 0.507 e. The minimum atomic E-state index is 0.0898. The van der Waals surface area contributed by atoms with E-state index in [-0.39, 0.29) is 17.4 Å². The molecule has 0 radical (unpaired) electrons. The van der Waals surface area contributed by atoms with Gasteiger partial charge in [0, 0.05) is 31.9 Å². The summed E-state index contributed by atoms with van der Waals surface area (Å²) in [5.74, 6) is 1.05. The fourth-order valence-electron chi connectivity index (χ4n) is 4.54. The van der Waals surface area contributed by atoms with Gasteiger partial charge in [-0.05, 0) is 49.7 Å². The monoisotopic (exact) mass is 499 g/mol. The lowest BCUT2D eigenvalue weighted by molar-refractivity contribution is -0.128. The van der Waals surface area contributed by atoms with Gasteiger partial charge in [-0.15, -0.1) is 10.2 Å². The third-order valence-corrected chi connectivity index (χ3v) is 7.36. The highest BCUT2D eigenvalue weighted by Gasteiger charge is 2.24. The first kappa shape index (κ1) is 23.9. The number of thioether (sulfide) groups is 1. The second-order valence-corrected chi connectivity index (χ2v) is 9.88. The Balaban J connectivity index is 1.35. The van der Waals surface area contributed by atoms with Crippen LogP contribution in [0, 0.1) is 13.8 Å². The molecule has 7 nitrogen and oxygen atoms in total. The number of hydrogen-bond acceptors (Lipinski definition) is 6. The molecule has 3 aromatic carbocycles. The van der Waals surface area contributed by atoms with Crippen molar-refractivity contribution in [2.24, 2.45) is 0 Å². The number of aromatic hydroxyl groups is 1. The predicted octanol–water partition coefficient (Wildman–Crippen LogP) is 4.70. The maximum absolute atomic E-state index is 13.1. The molecule has 36 heavy (non-hydrogen) atoms. The standard InChI is InChI=1S/C28H29N5O2S/c1-20-12-13-24(21(2)18-20)33-27(23-10-6-7-11-25(23)34)29-30-28(33)36-19-26(35)32-16-14-31(15-17-32)22-8-4-3-5-9-22/h3-13,18,34H,14-17,19H2,1-2H3. The van der Waals surface area contributed by atoms with Gasteiger partial charge in [0.05, 0.1) is 17.0 Å². The van der Waals surface area contributed by atoms with E-state index in [1.807, 2.05) is 58.9 Å². The highest BCUT2D eigenvalue weighted by molar-refractivity contribution is 7.99. The summed E-state index contributed by atoms with van der Waals surface area (Å²) < 4.78 is 1.94. The van der Waals surface area contributed by atoms with Crippen LogP contribution in [0.5, 0.6) is 5.75 Å². The molecule has 2 heterocycles. The maximum Gasteiger partial charge on any atom is 0.233 e. The molecule has 8 heteroatoms. The normalized spacial score (nSPS) is 13.7. The quantitative estimate of drug-likeness (QED) is 0.388. The molecule has 1 N–H and O–H groups in total. The van der Waals surface area contributed by atoms with E-state index in [1.165, 1.54) is 17.4 Å². The van der Waals surface area contributed by atoms with Crippen LogP contribution in [-0.2, 0) is 4.79 Å². The van der Waals surface area contributed by atoms with Crippen molar-refractivity contribution in [2.45, 2.75) is 19.0 Å². The summed E-state index contributed by atoms with van der Waals surface area (Å²) in [4.78, 5) is 17.3. The summed E-state index contributed by atoms with van der Waals surface area (Å²) in [5, 5.41) is 20.0. The molecule has 1 amide bonds. The predicted molar refractivity (Wildman–Crippen MR) is 144 cm³/mol. The SMILES string of the molecule is Cc1ccc(-n2c(SCC(=O)N3CCN(c4ccccc4)CC3)nnc2-c2ccccc2O)c(C)c1. The number of phenolic OH excluding ortho intramolecular Hbond substituents is 1. The van der Waals surface area contributed by atoms with Crippen molar-refractivity contribution in [1.29, 1.82) is 0 Å². The molecule has 5 rings (SSSR count). The van der Waals surface area contributed by atoms with Crippen LogP contribution in [0.15, 0.2) is 78.0 Å². The van der Waals surface area contributed by atoms with Crippen molar-refractivity contribution in [1.82, 2.24) is 19.7 Å². The second-order valence-electron chi connectivity index (χ2n) is 8.94. The molecule has 0 atom stereocenters. The highest BCUT2D eigenvalue weighted by atomic mass is 32.2. The van der Waals surface area contributed by atoms with E-state index in [0.29, 0.717) is 29.6 Å². The number of piperazine rings is 1. The summed E-state index contributed by atoms with van der Waals surface area (Å²) in [7, 11) is 0. The zero-order chi connectivity index (χ0) is 25.1. The summed E-state index contributed by atoms with van der Waals surface area (Å²) in [6, 6.07) is 23.6. The number of nitrogens with zero attached hydrogens (tertiary/aromatic N) is 5. The van der Waals surface area contributed by atoms with Crippen LogP contribution in [0.3, 0.4) is 0 Å². The van der Waals surface area contributed by atoms with Gasteiger partial charge in [0.15, 0.2) is 11.0 Å². The van der Waals surface area contributed by atoms with Crippen LogP contribution in [0.25, 0.3) is 17.1 Å². The van der Waals surface area contributed by atoms with Crippen LogP contribution in [-0.4, -0.2) is 62.6 Å². The summed E-state index contributed by atoms with van der Waals surface area (Å²) >= 11 is 1.38. The van der Waals surface area contributed by atoms with Gasteiger partial charge in [0.25, 0.3) is 0 Å². The van der Waals surface area contributed by atoms with E-state index in [9.17, 15) is 9.90 Å². The van der Waals surface area contributed by atoms with Crippen molar-refractivity contribution < 1.29 is 9.90 Å². The van der Waals surface area contributed by atoms with Gasteiger partial charge in [0.1, 0.15) is 5.75 Å². The molecular weight excluding hydrogens is 470 g/mol. The minimum absolute atomic E-state index is 0.0898. The van der Waals surface area contributed by atoms with Crippen molar-refractivity contribution in [3.05, 3.63) is 83.9 Å². The van der Waals surface area contributed by atoms with Crippen LogP contribution >= 0.6 is 11.8 Å². The second kappa shape index (κ2) is 10.5. The number of aryl methyl sites for hydroxylation is 2. The van der Waals surface area contributed by atoms with Gasteiger partial charge < -0.3 is 14.9 Å². The molecule has 4 aromatic rings. The molecule has 0 saturated carbocycles. The number of aromatic nitrogens is 3. The summed E-state index contributed by atoms with van der Waals surface area (Å²) in [6.45, 7) is 7.12. The van der Waals surface area contributed by atoms with E-state index in [4.69, 9.17) is 0 Å². The number of phenols is 1. The Bertz CT molecular complexity index is 1360. The molecule has 0 spiro atoms. The first-order valence-corrected chi connectivity index (χ1v) is 13.0. The maximum atomic E-state index is 13.1. The molecule has 0 aliphatic carbocycles. The van der Waals surface area contributed by atoms with Crippen LogP contribution in [0.2, 0.25) is 0 Å². The fourth-order valence-corrected chi connectivity index (χ4v) is 5.39. The Hall–Kier alpha value is -3.78. The van der Waals surface area contributed by atoms with E-state index in [2.05, 4.69) is 40.2 Å². The molecule has 1 aliphatic rings. The number of rotatable bonds is 6. The minimum Gasteiger partial charge on any atom is -0.507 e. The third kappa shape index (κ3) is 4.95. The molecule has 0 unspecified atom stereocenters. The average Bonchev–Trinajstić information content (AvgIpc) is 3.31. The molecule has 0 bridgehead atoms. The lowest BCUT2D eigenvalue weighted by atomic mass is 10.1. The molecule has 1 saturated heterocycles. The summed E-state index contributed by atoms with van der Waals surface area (Å²) in [5.41, 5.74) is 4.94. The smallest absolute Gasteiger partial charge is 0.233 e. The van der Waals surface area contributed by atoms with E-state index in [1.54, 1.807) is 12.1 Å². The molecular formula is C28H29N5O2S. The number of hydrogen-bond donors (Lipinski definition) is 1. The lowest BCUT2D eigenvalue weighted by Gasteiger charge is -2.36. The van der Waals surface area contributed by atoms with Crippen molar-refractivity contribution in [3.8, 4) is 22.8 Å². The Kier molecular flexibility index (Phi) is 6.95. The number of amides is 1. The number of anilines is 1. The van der Waals surface area contributed by atoms with Crippen molar-refractivity contribution in [2.75, 3.05) is 36.8 Å².